The van der Waals surface area contributed by atoms with E-state index in [-0.39, 0.29) is 10.0 Å². The molecule has 0 spiro atoms. The number of sulfonamides is 1. The van der Waals surface area contributed by atoms with E-state index in [1.165, 1.54) is 10.9 Å². The van der Waals surface area contributed by atoms with Crippen molar-refractivity contribution in [1.82, 2.24) is 14.5 Å². The fourth-order valence-corrected chi connectivity index (χ4v) is 3.64. The normalized spacial score (nSPS) is 11.9. The van der Waals surface area contributed by atoms with Gasteiger partial charge in [-0.3, -0.25) is 4.68 Å². The van der Waals surface area contributed by atoms with E-state index in [9.17, 15) is 8.42 Å². The van der Waals surface area contributed by atoms with E-state index >= 15 is 0 Å². The van der Waals surface area contributed by atoms with Gasteiger partial charge in [-0.25, -0.2) is 13.1 Å². The number of nitrogens with one attached hydrogen (secondary N) is 1. The highest BCUT2D eigenvalue weighted by Crippen LogP contribution is 2.19. The van der Waals surface area contributed by atoms with Crippen LogP contribution in [0.1, 0.15) is 19.3 Å². The molecule has 0 unspecified atom stereocenters. The summed E-state index contributed by atoms with van der Waals surface area (Å²) in [6.07, 6.45) is 4.28. The Kier molecular flexibility index (Phi) is 6.18. The predicted molar refractivity (Wildman–Crippen MR) is 76.1 cm³/mol. The smallest absolute Gasteiger partial charge is 0.255 e. The minimum Gasteiger partial charge on any atom is -0.255 e. The van der Waals surface area contributed by atoms with E-state index in [1.54, 1.807) is 7.05 Å². The average molecular weight is 392 g/mol. The molecule has 17 heavy (non-hydrogen) atoms. The molecule has 1 aromatic rings. The van der Waals surface area contributed by atoms with Gasteiger partial charge in [0.15, 0.2) is 5.03 Å². The molecule has 0 fully saturated rings. The second kappa shape index (κ2) is 6.91. The van der Waals surface area contributed by atoms with Crippen molar-refractivity contribution >= 4 is 44.2 Å². The van der Waals surface area contributed by atoms with Crippen molar-refractivity contribution in [3.8, 4) is 0 Å². The van der Waals surface area contributed by atoms with Crippen LogP contribution in [-0.4, -0.2) is 29.2 Å². The average Bonchev–Trinajstić information content (AvgIpc) is 2.58. The van der Waals surface area contributed by atoms with E-state index in [1.807, 2.05) is 0 Å². The number of aromatic nitrogens is 2. The Morgan fingerprint density at radius 1 is 1.47 bits per heavy atom. The summed E-state index contributed by atoms with van der Waals surface area (Å²) < 4.78 is 28.7. The Balaban J connectivity index is 2.58. The first kappa shape index (κ1) is 15.2. The number of hydrogen-bond donors (Lipinski definition) is 1. The van der Waals surface area contributed by atoms with Gasteiger partial charge in [0.2, 0.25) is 0 Å². The summed E-state index contributed by atoms with van der Waals surface area (Å²) >= 11 is 8.09. The topological polar surface area (TPSA) is 64.0 Å². The molecule has 0 atom stereocenters. The largest absolute Gasteiger partial charge is 0.259 e. The van der Waals surface area contributed by atoms with E-state index in [2.05, 4.69) is 32.4 Å². The lowest BCUT2D eigenvalue weighted by atomic mass is 10.3. The van der Waals surface area contributed by atoms with Crippen molar-refractivity contribution in [2.24, 2.45) is 7.05 Å². The molecule has 0 aliphatic heterocycles. The van der Waals surface area contributed by atoms with Crippen molar-refractivity contribution in [3.05, 3.63) is 11.2 Å². The number of aryl methyl sites for hydroxylation is 1. The van der Waals surface area contributed by atoms with Crippen molar-refractivity contribution in [3.63, 3.8) is 0 Å². The molecule has 0 aliphatic rings. The predicted octanol–water partition coefficient (Wildman–Crippen LogP) is 1.96. The molecule has 1 heterocycles. The van der Waals surface area contributed by atoms with Crippen LogP contribution in [0.5, 0.6) is 0 Å². The summed E-state index contributed by atoms with van der Waals surface area (Å²) in [7, 11) is -2.00. The zero-order valence-corrected chi connectivity index (χ0v) is 13.2. The molecule has 0 radical (unpaired) electrons. The number of alkyl halides is 1. The van der Waals surface area contributed by atoms with Gasteiger partial charge in [-0.2, -0.15) is 5.10 Å². The van der Waals surface area contributed by atoms with Gasteiger partial charge < -0.3 is 0 Å². The number of unbranched alkanes of at least 4 members (excludes halogenated alkanes) is 2. The van der Waals surface area contributed by atoms with Crippen LogP contribution in [0.2, 0.25) is 5.02 Å². The summed E-state index contributed by atoms with van der Waals surface area (Å²) in [6, 6.07) is 0. The molecule has 1 rings (SSSR count). The lowest BCUT2D eigenvalue weighted by Crippen LogP contribution is -2.27. The van der Waals surface area contributed by atoms with Crippen molar-refractivity contribution in [2.75, 3.05) is 11.0 Å². The molecule has 0 bridgehead atoms. The number of halogens is 2. The van der Waals surface area contributed by atoms with Crippen LogP contribution < -0.4 is 4.72 Å². The Hall–Kier alpha value is 0.140. The molecule has 1 aromatic heterocycles. The van der Waals surface area contributed by atoms with Gasteiger partial charge in [0.05, 0.1) is 11.2 Å². The fourth-order valence-electron chi connectivity index (χ4n) is 1.37. The Bertz CT molecular complexity index is 441. The summed E-state index contributed by atoms with van der Waals surface area (Å²) in [5, 5.41) is 3.97. The summed E-state index contributed by atoms with van der Waals surface area (Å²) in [6.45, 7) is 0.431. The molecule has 5 nitrogen and oxygen atoms in total. The minimum atomic E-state index is -3.55. The van der Waals surface area contributed by atoms with Crippen LogP contribution >= 0.6 is 34.2 Å². The summed E-state index contributed by atoms with van der Waals surface area (Å²) in [5.41, 5.74) is 0. The minimum absolute atomic E-state index is 0.0214. The Morgan fingerprint density at radius 3 is 2.71 bits per heavy atom. The van der Waals surface area contributed by atoms with Crippen molar-refractivity contribution in [1.29, 1.82) is 0 Å². The van der Waals surface area contributed by atoms with Gasteiger partial charge in [-0.1, -0.05) is 40.6 Å². The first-order chi connectivity index (χ1) is 7.99. The summed E-state index contributed by atoms with van der Waals surface area (Å²) in [5.74, 6) is 0. The second-order valence-corrected chi connectivity index (χ2v) is 6.74. The highest BCUT2D eigenvalue weighted by molar-refractivity contribution is 14.1. The van der Waals surface area contributed by atoms with Gasteiger partial charge >= 0.3 is 0 Å². The maximum absolute atomic E-state index is 11.9. The van der Waals surface area contributed by atoms with Crippen LogP contribution in [0.3, 0.4) is 0 Å². The molecule has 1 N–H and O–H groups in total. The highest BCUT2D eigenvalue weighted by Gasteiger charge is 2.21. The van der Waals surface area contributed by atoms with Crippen LogP contribution in [0.25, 0.3) is 0 Å². The Morgan fingerprint density at radius 2 is 2.18 bits per heavy atom. The maximum Gasteiger partial charge on any atom is 0.259 e. The zero-order chi connectivity index (χ0) is 12.9. The molecular weight excluding hydrogens is 377 g/mol. The molecule has 0 amide bonds. The SMILES string of the molecule is Cn1ncc(Cl)c1S(=O)(=O)NCCCCCI. The van der Waals surface area contributed by atoms with E-state index in [0.29, 0.717) is 6.54 Å². The van der Waals surface area contributed by atoms with Crippen LogP contribution in [-0.2, 0) is 17.1 Å². The monoisotopic (exact) mass is 391 g/mol. The maximum atomic E-state index is 11.9. The zero-order valence-electron chi connectivity index (χ0n) is 9.49. The second-order valence-electron chi connectivity index (χ2n) is 3.57. The third-order valence-corrected chi connectivity index (χ3v) is 4.93. The third kappa shape index (κ3) is 4.38. The van der Waals surface area contributed by atoms with Crippen LogP contribution in [0, 0.1) is 0 Å². The number of hydrogen-bond acceptors (Lipinski definition) is 3. The van der Waals surface area contributed by atoms with Crippen molar-refractivity contribution in [2.45, 2.75) is 24.3 Å². The highest BCUT2D eigenvalue weighted by atomic mass is 127. The number of nitrogens with zero attached hydrogens (tertiary/aromatic N) is 2. The summed E-state index contributed by atoms with van der Waals surface area (Å²) in [4.78, 5) is 0. The fraction of sp³-hybridized carbons (Fsp3) is 0.667. The van der Waals surface area contributed by atoms with E-state index in [4.69, 9.17) is 11.6 Å². The third-order valence-electron chi connectivity index (χ3n) is 2.20. The van der Waals surface area contributed by atoms with Crippen LogP contribution in [0.15, 0.2) is 11.2 Å². The van der Waals surface area contributed by atoms with Crippen molar-refractivity contribution < 1.29 is 8.42 Å². The van der Waals surface area contributed by atoms with Gasteiger partial charge in [0, 0.05) is 13.6 Å². The van der Waals surface area contributed by atoms with Gasteiger partial charge in [-0.05, 0) is 17.3 Å². The van der Waals surface area contributed by atoms with Gasteiger partial charge in [-0.15, -0.1) is 0 Å². The molecule has 0 aliphatic carbocycles. The van der Waals surface area contributed by atoms with Gasteiger partial charge in [0.25, 0.3) is 10.0 Å². The standard InChI is InChI=1S/C9H15ClIN3O2S/c1-14-9(8(10)7-12-14)17(15,16)13-6-4-2-3-5-11/h7,13H,2-6H2,1H3. The molecule has 8 heteroatoms. The lowest BCUT2D eigenvalue weighted by molar-refractivity contribution is 0.559. The van der Waals surface area contributed by atoms with E-state index < -0.39 is 10.0 Å². The quantitative estimate of drug-likeness (QED) is 0.439. The van der Waals surface area contributed by atoms with Gasteiger partial charge in [0.1, 0.15) is 0 Å². The first-order valence-corrected chi connectivity index (χ1v) is 8.61. The molecule has 0 saturated carbocycles. The number of rotatable bonds is 7. The Labute approximate surface area is 120 Å². The molecule has 0 saturated heterocycles. The van der Waals surface area contributed by atoms with Crippen LogP contribution in [0.4, 0.5) is 0 Å². The van der Waals surface area contributed by atoms with E-state index in [0.717, 1.165) is 23.7 Å². The molecule has 98 valence electrons. The molecular formula is C9H15ClIN3O2S. The first-order valence-electron chi connectivity index (χ1n) is 5.22. The lowest BCUT2D eigenvalue weighted by Gasteiger charge is -2.07. The molecule has 0 aromatic carbocycles.